The van der Waals surface area contributed by atoms with Crippen LogP contribution in [0.15, 0.2) is 47.4 Å². The quantitative estimate of drug-likeness (QED) is 0.782. The first-order valence-corrected chi connectivity index (χ1v) is 11.7. The topological polar surface area (TPSA) is 84.9 Å². The molecule has 8 heteroatoms. The van der Waals surface area contributed by atoms with Crippen molar-refractivity contribution in [2.45, 2.75) is 43.0 Å². The van der Waals surface area contributed by atoms with Crippen molar-refractivity contribution in [1.29, 1.82) is 0 Å². The number of nitrogens with one attached hydrogen (secondary N) is 1. The normalized spacial score (nSPS) is 16.7. The Labute approximate surface area is 177 Å². The summed E-state index contributed by atoms with van der Waals surface area (Å²) in [6.07, 6.45) is 5.62. The SMILES string of the molecule is CN(C(=O)c1ccc(NS(=O)(=O)c2ccc3c(c2)OCCO3)cc1)C1CCCCC1. The summed E-state index contributed by atoms with van der Waals surface area (Å²) in [6.45, 7) is 0.826. The lowest BCUT2D eigenvalue weighted by Gasteiger charge is -2.31. The van der Waals surface area contributed by atoms with E-state index >= 15 is 0 Å². The monoisotopic (exact) mass is 430 g/mol. The number of sulfonamides is 1. The molecule has 1 aliphatic heterocycles. The molecule has 0 unspecified atom stereocenters. The van der Waals surface area contributed by atoms with Gasteiger partial charge in [0.2, 0.25) is 0 Å². The van der Waals surface area contributed by atoms with E-state index in [2.05, 4.69) is 4.72 Å². The second-order valence-corrected chi connectivity index (χ2v) is 9.38. The fraction of sp³-hybridized carbons (Fsp3) is 0.409. The Morgan fingerprint density at radius 1 is 0.967 bits per heavy atom. The van der Waals surface area contributed by atoms with E-state index in [1.807, 2.05) is 11.9 Å². The predicted octanol–water partition coefficient (Wildman–Crippen LogP) is 3.66. The Balaban J connectivity index is 1.45. The summed E-state index contributed by atoms with van der Waals surface area (Å²) < 4.78 is 38.9. The maximum atomic E-state index is 12.8. The van der Waals surface area contributed by atoms with Gasteiger partial charge in [-0.3, -0.25) is 9.52 Å². The van der Waals surface area contributed by atoms with Gasteiger partial charge in [-0.2, -0.15) is 0 Å². The highest BCUT2D eigenvalue weighted by Crippen LogP contribution is 2.32. The maximum absolute atomic E-state index is 12.8. The van der Waals surface area contributed by atoms with Crippen LogP contribution in [0.2, 0.25) is 0 Å². The highest BCUT2D eigenvalue weighted by molar-refractivity contribution is 7.92. The van der Waals surface area contributed by atoms with Gasteiger partial charge in [0.15, 0.2) is 11.5 Å². The van der Waals surface area contributed by atoms with Crippen molar-refractivity contribution in [2.75, 3.05) is 25.0 Å². The van der Waals surface area contributed by atoms with Crippen LogP contribution in [0, 0.1) is 0 Å². The fourth-order valence-corrected chi connectivity index (χ4v) is 5.00. The van der Waals surface area contributed by atoms with E-state index in [1.165, 1.54) is 18.6 Å². The van der Waals surface area contributed by atoms with Gasteiger partial charge in [0, 0.05) is 30.4 Å². The number of hydrogen-bond donors (Lipinski definition) is 1. The molecule has 0 saturated heterocycles. The third kappa shape index (κ3) is 4.38. The second kappa shape index (κ2) is 8.55. The van der Waals surface area contributed by atoms with Gasteiger partial charge in [-0.05, 0) is 49.2 Å². The first kappa shape index (κ1) is 20.5. The van der Waals surface area contributed by atoms with Crippen molar-refractivity contribution in [3.8, 4) is 11.5 Å². The van der Waals surface area contributed by atoms with Crippen molar-refractivity contribution >= 4 is 21.6 Å². The first-order valence-electron chi connectivity index (χ1n) is 10.2. The summed E-state index contributed by atoms with van der Waals surface area (Å²) in [5.41, 5.74) is 0.937. The molecule has 1 fully saturated rings. The molecule has 30 heavy (non-hydrogen) atoms. The standard InChI is InChI=1S/C22H26N2O5S/c1-24(18-5-3-2-4-6-18)22(25)16-7-9-17(10-8-16)23-30(26,27)19-11-12-20-21(15-19)29-14-13-28-20/h7-12,15,18,23H,2-6,13-14H2,1H3. The van der Waals surface area contributed by atoms with Crippen LogP contribution in [0.25, 0.3) is 0 Å². The van der Waals surface area contributed by atoms with Gasteiger partial charge >= 0.3 is 0 Å². The zero-order valence-corrected chi connectivity index (χ0v) is 17.8. The summed E-state index contributed by atoms with van der Waals surface area (Å²) in [7, 11) is -1.95. The zero-order chi connectivity index (χ0) is 21.1. The number of benzene rings is 2. The van der Waals surface area contributed by atoms with E-state index in [0.29, 0.717) is 36.0 Å². The molecule has 0 atom stereocenters. The molecule has 1 aliphatic carbocycles. The van der Waals surface area contributed by atoms with E-state index in [9.17, 15) is 13.2 Å². The number of ether oxygens (including phenoxy) is 2. The van der Waals surface area contributed by atoms with Crippen LogP contribution >= 0.6 is 0 Å². The molecule has 0 bridgehead atoms. The minimum atomic E-state index is -3.79. The highest BCUT2D eigenvalue weighted by atomic mass is 32.2. The molecule has 0 aromatic heterocycles. The Bertz CT molecular complexity index is 1010. The van der Waals surface area contributed by atoms with E-state index in [1.54, 1.807) is 30.3 Å². The predicted molar refractivity (Wildman–Crippen MR) is 114 cm³/mol. The Kier molecular flexibility index (Phi) is 5.85. The van der Waals surface area contributed by atoms with Crippen LogP contribution in [-0.4, -0.2) is 45.5 Å². The molecule has 1 amide bonds. The molecular weight excluding hydrogens is 404 g/mol. The molecule has 1 N–H and O–H groups in total. The Morgan fingerprint density at radius 3 is 2.33 bits per heavy atom. The van der Waals surface area contributed by atoms with E-state index in [-0.39, 0.29) is 16.8 Å². The lowest BCUT2D eigenvalue weighted by molar-refractivity contribution is 0.0696. The summed E-state index contributed by atoms with van der Waals surface area (Å²) in [4.78, 5) is 14.7. The number of nitrogens with zero attached hydrogens (tertiary/aromatic N) is 1. The van der Waals surface area contributed by atoms with Crippen molar-refractivity contribution < 1.29 is 22.7 Å². The van der Waals surface area contributed by atoms with Gasteiger partial charge in [-0.1, -0.05) is 19.3 Å². The molecule has 0 radical (unpaired) electrons. The van der Waals surface area contributed by atoms with E-state index in [4.69, 9.17) is 9.47 Å². The van der Waals surface area contributed by atoms with Crippen molar-refractivity contribution in [2.24, 2.45) is 0 Å². The lowest BCUT2D eigenvalue weighted by Crippen LogP contribution is -2.38. The van der Waals surface area contributed by atoms with Gasteiger partial charge in [0.1, 0.15) is 13.2 Å². The molecule has 4 rings (SSSR count). The summed E-state index contributed by atoms with van der Waals surface area (Å²) >= 11 is 0. The number of anilines is 1. The lowest BCUT2D eigenvalue weighted by atomic mass is 9.94. The van der Waals surface area contributed by atoms with Crippen LogP contribution in [0.3, 0.4) is 0 Å². The molecular formula is C22H26N2O5S. The van der Waals surface area contributed by atoms with Crippen molar-refractivity contribution in [3.63, 3.8) is 0 Å². The number of amides is 1. The molecule has 0 spiro atoms. The van der Waals surface area contributed by atoms with Gasteiger partial charge in [-0.25, -0.2) is 8.42 Å². The third-order valence-corrected chi connectivity index (χ3v) is 7.03. The number of fused-ring (bicyclic) bond motifs is 1. The number of carbonyl (C=O) groups is 1. The highest BCUT2D eigenvalue weighted by Gasteiger charge is 2.23. The number of carbonyl (C=O) groups excluding carboxylic acids is 1. The number of hydrogen-bond acceptors (Lipinski definition) is 5. The van der Waals surface area contributed by atoms with Crippen LogP contribution in [0.5, 0.6) is 11.5 Å². The van der Waals surface area contributed by atoms with Gasteiger partial charge in [0.25, 0.3) is 15.9 Å². The Morgan fingerprint density at radius 2 is 1.63 bits per heavy atom. The largest absolute Gasteiger partial charge is 0.486 e. The van der Waals surface area contributed by atoms with Crippen molar-refractivity contribution in [1.82, 2.24) is 4.90 Å². The fourth-order valence-electron chi connectivity index (χ4n) is 3.92. The van der Waals surface area contributed by atoms with Gasteiger partial charge in [-0.15, -0.1) is 0 Å². The van der Waals surface area contributed by atoms with Crippen LogP contribution in [0.1, 0.15) is 42.5 Å². The van der Waals surface area contributed by atoms with Gasteiger partial charge < -0.3 is 14.4 Å². The average Bonchev–Trinajstić information content (AvgIpc) is 2.78. The first-order chi connectivity index (χ1) is 14.4. The average molecular weight is 431 g/mol. The second-order valence-electron chi connectivity index (χ2n) is 7.70. The number of rotatable bonds is 5. The van der Waals surface area contributed by atoms with Gasteiger partial charge in [0.05, 0.1) is 4.90 Å². The van der Waals surface area contributed by atoms with Crippen LogP contribution in [-0.2, 0) is 10.0 Å². The molecule has 7 nitrogen and oxygen atoms in total. The minimum Gasteiger partial charge on any atom is -0.486 e. The summed E-state index contributed by atoms with van der Waals surface area (Å²) in [6, 6.07) is 11.3. The smallest absolute Gasteiger partial charge is 0.262 e. The zero-order valence-electron chi connectivity index (χ0n) is 17.0. The molecule has 2 aromatic carbocycles. The van der Waals surface area contributed by atoms with Crippen molar-refractivity contribution in [3.05, 3.63) is 48.0 Å². The molecule has 160 valence electrons. The molecule has 1 saturated carbocycles. The summed E-state index contributed by atoms with van der Waals surface area (Å²) in [5.74, 6) is 0.907. The van der Waals surface area contributed by atoms with Crippen LogP contribution < -0.4 is 14.2 Å². The Hall–Kier alpha value is -2.74. The minimum absolute atomic E-state index is 0.0388. The third-order valence-electron chi connectivity index (χ3n) is 5.65. The molecule has 1 heterocycles. The van der Waals surface area contributed by atoms with E-state index < -0.39 is 10.0 Å². The molecule has 2 aromatic rings. The maximum Gasteiger partial charge on any atom is 0.262 e. The summed E-state index contributed by atoms with van der Waals surface area (Å²) in [5, 5.41) is 0. The van der Waals surface area contributed by atoms with Crippen LogP contribution in [0.4, 0.5) is 5.69 Å². The molecule has 2 aliphatic rings. The van der Waals surface area contributed by atoms with E-state index in [0.717, 1.165) is 25.7 Å².